The first-order valence-electron chi connectivity index (χ1n) is 10.4. The van der Waals surface area contributed by atoms with Crippen LogP contribution in [0.3, 0.4) is 0 Å². The number of pyridine rings is 2. The minimum Gasteiger partial charge on any atom is -0.406 e. The molecule has 178 valence electrons. The van der Waals surface area contributed by atoms with Crippen LogP contribution >= 0.6 is 0 Å². The summed E-state index contributed by atoms with van der Waals surface area (Å²) in [5.74, 6) is -0.757. The molecule has 2 aromatic heterocycles. The van der Waals surface area contributed by atoms with Crippen molar-refractivity contribution in [3.05, 3.63) is 60.7 Å². The first-order valence-corrected chi connectivity index (χ1v) is 10.4. The average molecular weight is 475 g/mol. The summed E-state index contributed by atoms with van der Waals surface area (Å²) >= 11 is 0. The minimum atomic E-state index is -4.82. The molecule has 0 saturated carbocycles. The Labute approximate surface area is 193 Å². The summed E-state index contributed by atoms with van der Waals surface area (Å²) in [5, 5.41) is 2.56. The number of urea groups is 1. The highest BCUT2D eigenvalue weighted by molar-refractivity contribution is 6.04. The molecule has 0 radical (unpaired) electrons. The van der Waals surface area contributed by atoms with Gasteiger partial charge in [0.05, 0.1) is 23.3 Å². The monoisotopic (exact) mass is 475 g/mol. The molecule has 0 aliphatic carbocycles. The molecule has 0 saturated heterocycles. The third-order valence-electron chi connectivity index (χ3n) is 5.41. The largest absolute Gasteiger partial charge is 0.573 e. The first kappa shape index (κ1) is 23.3. The number of fused-ring (bicyclic) bond motifs is 1. The van der Waals surface area contributed by atoms with Gasteiger partial charge in [-0.05, 0) is 43.7 Å². The highest BCUT2D eigenvalue weighted by Gasteiger charge is 2.32. The van der Waals surface area contributed by atoms with Gasteiger partial charge in [0, 0.05) is 31.4 Å². The fourth-order valence-corrected chi connectivity index (χ4v) is 3.72. The van der Waals surface area contributed by atoms with Gasteiger partial charge in [-0.15, -0.1) is 13.2 Å². The zero-order valence-corrected chi connectivity index (χ0v) is 18.3. The summed E-state index contributed by atoms with van der Waals surface area (Å²) in [5.41, 5.74) is 1.35. The van der Waals surface area contributed by atoms with Crippen molar-refractivity contribution in [3.63, 3.8) is 0 Å². The van der Waals surface area contributed by atoms with E-state index >= 15 is 0 Å². The van der Waals surface area contributed by atoms with Crippen molar-refractivity contribution in [2.75, 3.05) is 28.7 Å². The fourth-order valence-electron chi connectivity index (χ4n) is 3.72. The molecular formula is C23H21F4N5O2. The lowest BCUT2D eigenvalue weighted by molar-refractivity contribution is -0.274. The van der Waals surface area contributed by atoms with Gasteiger partial charge >= 0.3 is 12.4 Å². The van der Waals surface area contributed by atoms with E-state index in [4.69, 9.17) is 0 Å². The maximum absolute atomic E-state index is 14.1. The molecule has 0 fully saturated rings. The Bertz CT molecular complexity index is 1200. The van der Waals surface area contributed by atoms with Crippen LogP contribution in [0.15, 0.2) is 54.9 Å². The third-order valence-corrected chi connectivity index (χ3v) is 5.41. The van der Waals surface area contributed by atoms with E-state index in [1.165, 1.54) is 35.4 Å². The van der Waals surface area contributed by atoms with Crippen molar-refractivity contribution in [2.24, 2.45) is 0 Å². The highest BCUT2D eigenvalue weighted by Crippen LogP contribution is 2.36. The summed E-state index contributed by atoms with van der Waals surface area (Å²) in [7, 11) is 1.86. The number of rotatable bonds is 3. The Hall–Kier alpha value is -3.89. The molecule has 34 heavy (non-hydrogen) atoms. The molecule has 1 atom stereocenters. The van der Waals surface area contributed by atoms with Crippen LogP contribution in [0.5, 0.6) is 5.75 Å². The van der Waals surface area contributed by atoms with Gasteiger partial charge in [-0.3, -0.25) is 9.88 Å². The maximum Gasteiger partial charge on any atom is 0.573 e. The number of nitrogens with one attached hydrogen (secondary N) is 1. The average Bonchev–Trinajstić information content (AvgIpc) is 2.90. The SMILES string of the molecule is C[C@@H]1CCN(C)c2ccc(-c3cccc(OC(F)(F)F)c3)nc2N1C(=O)Nc1ccncc1F. The third kappa shape index (κ3) is 5.03. The van der Waals surface area contributed by atoms with Crippen molar-refractivity contribution < 1.29 is 27.1 Å². The summed E-state index contributed by atoms with van der Waals surface area (Å²) < 4.78 is 56.1. The molecule has 4 rings (SSSR count). The van der Waals surface area contributed by atoms with Gasteiger partial charge in [0.15, 0.2) is 11.6 Å². The van der Waals surface area contributed by atoms with Crippen molar-refractivity contribution in [3.8, 4) is 17.0 Å². The lowest BCUT2D eigenvalue weighted by Crippen LogP contribution is -2.42. The quantitative estimate of drug-likeness (QED) is 0.511. The van der Waals surface area contributed by atoms with Gasteiger partial charge in [0.1, 0.15) is 5.75 Å². The van der Waals surface area contributed by atoms with Crippen LogP contribution in [0.4, 0.5) is 39.5 Å². The Morgan fingerprint density at radius 2 is 2.00 bits per heavy atom. The lowest BCUT2D eigenvalue weighted by Gasteiger charge is -2.28. The van der Waals surface area contributed by atoms with Crippen molar-refractivity contribution in [1.82, 2.24) is 9.97 Å². The van der Waals surface area contributed by atoms with Gasteiger partial charge in [-0.1, -0.05) is 12.1 Å². The van der Waals surface area contributed by atoms with Gasteiger partial charge in [0.25, 0.3) is 0 Å². The zero-order valence-electron chi connectivity index (χ0n) is 18.3. The Balaban J connectivity index is 1.74. The summed E-state index contributed by atoms with van der Waals surface area (Å²) in [6.07, 6.45) is -1.85. The van der Waals surface area contributed by atoms with Crippen LogP contribution in [-0.4, -0.2) is 42.0 Å². The normalized spacial score (nSPS) is 16.0. The smallest absolute Gasteiger partial charge is 0.406 e. The molecule has 11 heteroatoms. The number of hydrogen-bond donors (Lipinski definition) is 1. The number of amides is 2. The predicted octanol–water partition coefficient (Wildman–Crippen LogP) is 5.45. The number of nitrogens with zero attached hydrogens (tertiary/aromatic N) is 4. The number of ether oxygens (including phenoxy) is 1. The van der Waals surface area contributed by atoms with E-state index in [1.54, 1.807) is 18.2 Å². The van der Waals surface area contributed by atoms with Gasteiger partial charge < -0.3 is 15.0 Å². The van der Waals surface area contributed by atoms with Crippen LogP contribution in [0, 0.1) is 5.82 Å². The van der Waals surface area contributed by atoms with Crippen LogP contribution in [0.2, 0.25) is 0 Å². The predicted molar refractivity (Wildman–Crippen MR) is 119 cm³/mol. The summed E-state index contributed by atoms with van der Waals surface area (Å²) in [6, 6.07) is 9.31. The molecule has 7 nitrogen and oxygen atoms in total. The van der Waals surface area contributed by atoms with Crippen molar-refractivity contribution in [1.29, 1.82) is 0 Å². The number of aromatic nitrogens is 2. The lowest BCUT2D eigenvalue weighted by atomic mass is 10.1. The molecule has 2 amide bonds. The van der Waals surface area contributed by atoms with Crippen LogP contribution in [-0.2, 0) is 0 Å². The number of carbonyl (C=O) groups excluding carboxylic acids is 1. The van der Waals surface area contributed by atoms with E-state index < -0.39 is 18.2 Å². The molecule has 3 aromatic rings. The number of hydrogen-bond acceptors (Lipinski definition) is 5. The van der Waals surface area contributed by atoms with Crippen LogP contribution in [0.1, 0.15) is 13.3 Å². The topological polar surface area (TPSA) is 70.6 Å². The maximum atomic E-state index is 14.1. The second kappa shape index (κ2) is 9.16. The van der Waals surface area contributed by atoms with Crippen molar-refractivity contribution in [2.45, 2.75) is 25.7 Å². The number of carbonyl (C=O) groups is 1. The Morgan fingerprint density at radius 1 is 1.21 bits per heavy atom. The van der Waals surface area contributed by atoms with E-state index in [0.29, 0.717) is 35.7 Å². The second-order valence-electron chi connectivity index (χ2n) is 7.83. The van der Waals surface area contributed by atoms with Crippen LogP contribution in [0.25, 0.3) is 11.3 Å². The van der Waals surface area contributed by atoms with E-state index in [1.807, 2.05) is 18.9 Å². The second-order valence-corrected chi connectivity index (χ2v) is 7.83. The molecule has 1 N–H and O–H groups in total. The summed E-state index contributed by atoms with van der Waals surface area (Å²) in [6.45, 7) is 2.48. The minimum absolute atomic E-state index is 0.0282. The van der Waals surface area contributed by atoms with E-state index in [-0.39, 0.29) is 17.5 Å². The van der Waals surface area contributed by atoms with E-state index in [0.717, 1.165) is 6.20 Å². The number of halogens is 4. The van der Waals surface area contributed by atoms with Crippen LogP contribution < -0.4 is 19.9 Å². The Kier molecular flexibility index (Phi) is 6.27. The standard InChI is InChI=1S/C23H21F4N5O2/c1-14-9-11-31(2)20-7-6-18(15-4-3-5-16(12-15)34-23(25,26)27)29-21(20)32(14)22(33)30-19-8-10-28-13-17(19)24/h3-8,10,12-14H,9,11H2,1-2H3,(H,28,30,33)/t14-/m1/s1. The molecule has 0 unspecified atom stereocenters. The number of anilines is 3. The molecule has 3 heterocycles. The van der Waals surface area contributed by atoms with Gasteiger partial charge in [-0.25, -0.2) is 14.2 Å². The molecule has 0 bridgehead atoms. The van der Waals surface area contributed by atoms with Crippen molar-refractivity contribution >= 4 is 23.2 Å². The molecule has 1 aliphatic rings. The summed E-state index contributed by atoms with van der Waals surface area (Å²) in [4.78, 5) is 24.9. The fraction of sp³-hybridized carbons (Fsp3) is 0.261. The Morgan fingerprint density at radius 3 is 2.74 bits per heavy atom. The van der Waals surface area contributed by atoms with E-state index in [2.05, 4.69) is 20.0 Å². The highest BCUT2D eigenvalue weighted by atomic mass is 19.4. The van der Waals surface area contributed by atoms with Gasteiger partial charge in [-0.2, -0.15) is 0 Å². The number of benzene rings is 1. The van der Waals surface area contributed by atoms with Gasteiger partial charge in [0.2, 0.25) is 0 Å². The molecule has 1 aromatic carbocycles. The van der Waals surface area contributed by atoms with E-state index in [9.17, 15) is 22.4 Å². The zero-order chi connectivity index (χ0) is 24.5. The molecular weight excluding hydrogens is 454 g/mol. The molecule has 0 spiro atoms. The first-order chi connectivity index (χ1) is 16.1. The molecule has 1 aliphatic heterocycles. The number of alkyl halides is 3.